The summed E-state index contributed by atoms with van der Waals surface area (Å²) in [7, 11) is 0. The molecule has 17 heavy (non-hydrogen) atoms. The molecule has 0 atom stereocenters. The maximum atomic E-state index is 13.2. The Balaban J connectivity index is 2.61. The lowest BCUT2D eigenvalue weighted by Crippen LogP contribution is -2.14. The molecule has 0 bridgehead atoms. The van der Waals surface area contributed by atoms with Crippen LogP contribution in [0.3, 0.4) is 0 Å². The normalized spacial score (nSPS) is 13.3. The zero-order valence-corrected chi connectivity index (χ0v) is 10.5. The van der Waals surface area contributed by atoms with Crippen LogP contribution in [0.1, 0.15) is 39.0 Å². The molecule has 2 aromatic heterocycles. The van der Waals surface area contributed by atoms with Crippen molar-refractivity contribution < 1.29 is 8.78 Å². The van der Waals surface area contributed by atoms with Gasteiger partial charge in [-0.3, -0.25) is 0 Å². The standard InChI is InChI=1S/C13H16F2N2/c1-12(2,3)10-8-16-11-7-9(13(4,14)15)5-6-17(10)11/h5-8H,1-4H3. The predicted octanol–water partition coefficient (Wildman–Crippen LogP) is 3.74. The van der Waals surface area contributed by atoms with E-state index in [9.17, 15) is 8.78 Å². The number of fused-ring (bicyclic) bond motifs is 1. The molecule has 0 saturated heterocycles. The van der Waals surface area contributed by atoms with Crippen molar-refractivity contribution in [1.82, 2.24) is 9.38 Å². The van der Waals surface area contributed by atoms with Crippen molar-refractivity contribution in [3.05, 3.63) is 35.8 Å². The van der Waals surface area contributed by atoms with Crippen molar-refractivity contribution in [3.8, 4) is 0 Å². The number of hydrogen-bond donors (Lipinski definition) is 0. The highest BCUT2D eigenvalue weighted by Gasteiger charge is 2.25. The summed E-state index contributed by atoms with van der Waals surface area (Å²) in [5.41, 5.74) is 1.51. The van der Waals surface area contributed by atoms with Crippen LogP contribution >= 0.6 is 0 Å². The van der Waals surface area contributed by atoms with Crippen LogP contribution in [-0.4, -0.2) is 9.38 Å². The molecule has 4 heteroatoms. The van der Waals surface area contributed by atoms with E-state index in [4.69, 9.17) is 0 Å². The SMILES string of the molecule is CC(C)(C)c1cnc2cc(C(C)(F)F)ccn12. The third-order valence-electron chi connectivity index (χ3n) is 2.79. The maximum Gasteiger partial charge on any atom is 0.270 e. The summed E-state index contributed by atoms with van der Waals surface area (Å²) < 4.78 is 28.2. The first-order valence-electron chi connectivity index (χ1n) is 5.55. The first-order chi connectivity index (χ1) is 7.69. The van der Waals surface area contributed by atoms with E-state index >= 15 is 0 Å². The minimum Gasteiger partial charge on any atom is -0.304 e. The molecule has 0 aliphatic carbocycles. The molecule has 0 saturated carbocycles. The fraction of sp³-hybridized carbons (Fsp3) is 0.462. The van der Waals surface area contributed by atoms with Gasteiger partial charge < -0.3 is 4.40 Å². The van der Waals surface area contributed by atoms with Crippen LogP contribution in [0, 0.1) is 0 Å². The largest absolute Gasteiger partial charge is 0.304 e. The molecule has 0 amide bonds. The molecule has 2 aromatic rings. The Hall–Kier alpha value is -1.45. The van der Waals surface area contributed by atoms with Crippen LogP contribution < -0.4 is 0 Å². The topological polar surface area (TPSA) is 17.3 Å². The van der Waals surface area contributed by atoms with Crippen molar-refractivity contribution >= 4 is 5.65 Å². The van der Waals surface area contributed by atoms with Crippen LogP contribution in [0.5, 0.6) is 0 Å². The van der Waals surface area contributed by atoms with Crippen molar-refractivity contribution in [2.24, 2.45) is 0 Å². The number of aromatic nitrogens is 2. The zero-order valence-electron chi connectivity index (χ0n) is 10.5. The number of rotatable bonds is 1. The molecule has 92 valence electrons. The quantitative estimate of drug-likeness (QED) is 0.739. The van der Waals surface area contributed by atoms with Crippen LogP contribution in [0.25, 0.3) is 5.65 Å². The molecule has 0 aliphatic heterocycles. The van der Waals surface area contributed by atoms with Crippen molar-refractivity contribution in [3.63, 3.8) is 0 Å². The highest BCUT2D eigenvalue weighted by Crippen LogP contribution is 2.29. The lowest BCUT2D eigenvalue weighted by molar-refractivity contribution is 0.0175. The van der Waals surface area contributed by atoms with Gasteiger partial charge in [-0.1, -0.05) is 20.8 Å². The Bertz CT molecular complexity index is 545. The molecule has 2 rings (SSSR count). The molecule has 0 N–H and O–H groups in total. The summed E-state index contributed by atoms with van der Waals surface area (Å²) in [5.74, 6) is -2.82. The first kappa shape index (κ1) is 12.0. The number of halogens is 2. The van der Waals surface area contributed by atoms with Gasteiger partial charge in [0, 0.05) is 36.0 Å². The van der Waals surface area contributed by atoms with Gasteiger partial charge in [-0.05, 0) is 12.1 Å². The van der Waals surface area contributed by atoms with Gasteiger partial charge in [0.1, 0.15) is 5.65 Å². The fourth-order valence-electron chi connectivity index (χ4n) is 1.81. The summed E-state index contributed by atoms with van der Waals surface area (Å²) in [6.07, 6.45) is 3.41. The lowest BCUT2D eigenvalue weighted by Gasteiger charge is -2.18. The van der Waals surface area contributed by atoms with E-state index < -0.39 is 5.92 Å². The second kappa shape index (κ2) is 3.52. The Morgan fingerprint density at radius 1 is 1.18 bits per heavy atom. The second-order valence-electron chi connectivity index (χ2n) is 5.43. The van der Waals surface area contributed by atoms with E-state index in [1.165, 1.54) is 12.1 Å². The third kappa shape index (κ3) is 2.16. The van der Waals surface area contributed by atoms with E-state index in [2.05, 4.69) is 25.8 Å². The van der Waals surface area contributed by atoms with E-state index in [1.807, 2.05) is 4.40 Å². The van der Waals surface area contributed by atoms with Crippen LogP contribution in [0.4, 0.5) is 8.78 Å². The number of nitrogens with zero attached hydrogens (tertiary/aromatic N) is 2. The molecular formula is C13H16F2N2. The molecule has 0 fully saturated rings. The summed E-state index contributed by atoms with van der Waals surface area (Å²) in [6, 6.07) is 2.89. The number of pyridine rings is 1. The maximum absolute atomic E-state index is 13.2. The first-order valence-corrected chi connectivity index (χ1v) is 5.55. The highest BCUT2D eigenvalue weighted by atomic mass is 19.3. The fourth-order valence-corrected chi connectivity index (χ4v) is 1.81. The monoisotopic (exact) mass is 238 g/mol. The van der Waals surface area contributed by atoms with E-state index in [-0.39, 0.29) is 11.0 Å². The van der Waals surface area contributed by atoms with Gasteiger partial charge in [-0.2, -0.15) is 0 Å². The van der Waals surface area contributed by atoms with Gasteiger partial charge in [0.2, 0.25) is 0 Å². The molecular weight excluding hydrogens is 222 g/mol. The van der Waals surface area contributed by atoms with E-state index in [0.717, 1.165) is 12.6 Å². The van der Waals surface area contributed by atoms with Gasteiger partial charge in [-0.15, -0.1) is 0 Å². The summed E-state index contributed by atoms with van der Waals surface area (Å²) in [5, 5.41) is 0. The molecule has 0 radical (unpaired) electrons. The van der Waals surface area contributed by atoms with Crippen molar-refractivity contribution in [2.45, 2.75) is 39.0 Å². The summed E-state index contributed by atoms with van der Waals surface area (Å²) >= 11 is 0. The molecule has 0 unspecified atom stereocenters. The third-order valence-corrected chi connectivity index (χ3v) is 2.79. The minimum atomic E-state index is -2.82. The van der Waals surface area contributed by atoms with Crippen LogP contribution in [-0.2, 0) is 11.3 Å². The predicted molar refractivity (Wildman–Crippen MR) is 63.5 cm³/mol. The van der Waals surface area contributed by atoms with Crippen molar-refractivity contribution in [2.75, 3.05) is 0 Å². The molecule has 2 heterocycles. The van der Waals surface area contributed by atoms with Gasteiger partial charge in [-0.25, -0.2) is 13.8 Å². The summed E-state index contributed by atoms with van der Waals surface area (Å²) in [6.45, 7) is 7.10. The number of hydrogen-bond acceptors (Lipinski definition) is 1. The van der Waals surface area contributed by atoms with E-state index in [1.54, 1.807) is 12.4 Å². The average Bonchev–Trinajstić information content (AvgIpc) is 2.57. The van der Waals surface area contributed by atoms with Gasteiger partial charge in [0.25, 0.3) is 5.92 Å². The van der Waals surface area contributed by atoms with E-state index in [0.29, 0.717) is 5.65 Å². The number of alkyl halides is 2. The smallest absolute Gasteiger partial charge is 0.270 e. The molecule has 0 spiro atoms. The van der Waals surface area contributed by atoms with Gasteiger partial charge in [0.05, 0.1) is 0 Å². The lowest BCUT2D eigenvalue weighted by atomic mass is 9.93. The molecule has 2 nitrogen and oxygen atoms in total. The minimum absolute atomic E-state index is 0.00365. The molecule has 0 aromatic carbocycles. The summed E-state index contributed by atoms with van der Waals surface area (Å²) in [4.78, 5) is 4.19. The Morgan fingerprint density at radius 2 is 1.82 bits per heavy atom. The number of imidazole rings is 1. The van der Waals surface area contributed by atoms with Crippen LogP contribution in [0.2, 0.25) is 0 Å². The second-order valence-corrected chi connectivity index (χ2v) is 5.43. The molecule has 0 aliphatic rings. The van der Waals surface area contributed by atoms with Gasteiger partial charge >= 0.3 is 0 Å². The average molecular weight is 238 g/mol. The van der Waals surface area contributed by atoms with Crippen molar-refractivity contribution in [1.29, 1.82) is 0 Å². The Morgan fingerprint density at radius 3 is 2.35 bits per heavy atom. The zero-order chi connectivity index (χ0) is 12.8. The Labute approximate surface area is 99.3 Å². The highest BCUT2D eigenvalue weighted by molar-refractivity contribution is 5.45. The van der Waals surface area contributed by atoms with Gasteiger partial charge in [0.15, 0.2) is 0 Å². The van der Waals surface area contributed by atoms with Crippen LogP contribution in [0.15, 0.2) is 24.5 Å². The Kier molecular flexibility index (Phi) is 2.49.